The monoisotopic (exact) mass is 416 g/mol. The van der Waals surface area contributed by atoms with E-state index in [-0.39, 0.29) is 16.8 Å². The van der Waals surface area contributed by atoms with Crippen molar-refractivity contribution in [2.75, 3.05) is 33.1 Å². The number of nitrogens with one attached hydrogen (secondary N) is 1. The van der Waals surface area contributed by atoms with Crippen LogP contribution in [0, 0.1) is 0 Å². The van der Waals surface area contributed by atoms with E-state index in [0.29, 0.717) is 29.4 Å². The lowest BCUT2D eigenvalue weighted by Crippen LogP contribution is -2.22. The molecule has 7 heteroatoms. The average molecular weight is 417 g/mol. The summed E-state index contributed by atoms with van der Waals surface area (Å²) in [5, 5.41) is 3.00. The molecule has 0 aliphatic carbocycles. The Morgan fingerprint density at radius 2 is 1.90 bits per heavy atom. The Hall–Kier alpha value is -2.99. The van der Waals surface area contributed by atoms with Crippen LogP contribution < -0.4 is 14.8 Å². The molecule has 0 heterocycles. The fraction of sp³-hybridized carbons (Fsp3) is 0.273. The van der Waals surface area contributed by atoms with E-state index in [1.165, 1.54) is 11.0 Å². The number of hydrogen-bond donors (Lipinski definition) is 1. The van der Waals surface area contributed by atoms with Gasteiger partial charge in [0.25, 0.3) is 5.91 Å². The third kappa shape index (κ3) is 6.26. The topological polar surface area (TPSA) is 67.9 Å². The summed E-state index contributed by atoms with van der Waals surface area (Å²) >= 11 is 6.17. The highest BCUT2D eigenvalue weighted by atomic mass is 35.5. The summed E-state index contributed by atoms with van der Waals surface area (Å²) in [6.07, 6.45) is 3.99. The molecule has 0 radical (unpaired) electrons. The average Bonchev–Trinajstić information content (AvgIpc) is 2.70. The zero-order valence-electron chi connectivity index (χ0n) is 17.0. The smallest absolute Gasteiger partial charge is 0.254 e. The molecule has 0 saturated heterocycles. The van der Waals surface area contributed by atoms with Crippen molar-refractivity contribution in [3.05, 3.63) is 58.6 Å². The first-order valence-electron chi connectivity index (χ1n) is 9.16. The first-order chi connectivity index (χ1) is 13.8. The predicted molar refractivity (Wildman–Crippen MR) is 116 cm³/mol. The van der Waals surface area contributed by atoms with Crippen LogP contribution in [0.15, 0.2) is 42.5 Å². The van der Waals surface area contributed by atoms with Gasteiger partial charge < -0.3 is 19.7 Å². The van der Waals surface area contributed by atoms with E-state index in [0.717, 1.165) is 12.0 Å². The molecule has 0 fully saturated rings. The van der Waals surface area contributed by atoms with Gasteiger partial charge in [-0.2, -0.15) is 0 Å². The lowest BCUT2D eigenvalue weighted by Gasteiger charge is -2.12. The number of methoxy groups -OCH3 is 1. The quantitative estimate of drug-likeness (QED) is 0.644. The molecule has 2 amide bonds. The Morgan fingerprint density at radius 1 is 1.14 bits per heavy atom. The highest BCUT2D eigenvalue weighted by Crippen LogP contribution is 2.28. The highest BCUT2D eigenvalue weighted by molar-refractivity contribution is 6.34. The van der Waals surface area contributed by atoms with Crippen molar-refractivity contribution in [3.8, 4) is 11.5 Å². The van der Waals surface area contributed by atoms with Crippen molar-refractivity contribution in [2.24, 2.45) is 0 Å². The van der Waals surface area contributed by atoms with Gasteiger partial charge in [0.15, 0.2) is 11.5 Å². The molecular weight excluding hydrogens is 392 g/mol. The first-order valence-corrected chi connectivity index (χ1v) is 9.54. The number of ether oxygens (including phenoxy) is 2. The molecule has 0 atom stereocenters. The van der Waals surface area contributed by atoms with Gasteiger partial charge in [0.05, 0.1) is 24.3 Å². The van der Waals surface area contributed by atoms with Crippen LogP contribution in [0.3, 0.4) is 0 Å². The molecule has 1 N–H and O–H groups in total. The second-order valence-electron chi connectivity index (χ2n) is 6.48. The lowest BCUT2D eigenvalue weighted by atomic mass is 10.1. The maximum absolute atomic E-state index is 12.2. The molecule has 0 aliphatic rings. The minimum Gasteiger partial charge on any atom is -0.493 e. The van der Waals surface area contributed by atoms with E-state index >= 15 is 0 Å². The Bertz CT molecular complexity index is 910. The molecule has 0 unspecified atom stereocenters. The molecule has 0 bridgehead atoms. The minimum absolute atomic E-state index is 0.201. The van der Waals surface area contributed by atoms with Gasteiger partial charge in [-0.3, -0.25) is 9.59 Å². The fourth-order valence-electron chi connectivity index (χ4n) is 2.48. The Kier molecular flexibility index (Phi) is 8.09. The van der Waals surface area contributed by atoms with Gasteiger partial charge in [0, 0.05) is 25.9 Å². The van der Waals surface area contributed by atoms with Gasteiger partial charge >= 0.3 is 0 Å². The fourth-order valence-corrected chi connectivity index (χ4v) is 2.74. The van der Waals surface area contributed by atoms with Gasteiger partial charge in [0.2, 0.25) is 5.91 Å². The van der Waals surface area contributed by atoms with Crippen molar-refractivity contribution < 1.29 is 19.1 Å². The molecule has 2 aromatic rings. The van der Waals surface area contributed by atoms with E-state index < -0.39 is 0 Å². The van der Waals surface area contributed by atoms with Crippen molar-refractivity contribution in [3.63, 3.8) is 0 Å². The van der Waals surface area contributed by atoms with Gasteiger partial charge in [-0.1, -0.05) is 24.6 Å². The van der Waals surface area contributed by atoms with Crippen molar-refractivity contribution in [1.29, 1.82) is 0 Å². The van der Waals surface area contributed by atoms with Gasteiger partial charge in [0.1, 0.15) is 0 Å². The van der Waals surface area contributed by atoms with E-state index in [4.69, 9.17) is 21.1 Å². The second kappa shape index (κ2) is 10.5. The third-order valence-corrected chi connectivity index (χ3v) is 4.26. The van der Waals surface area contributed by atoms with Crippen LogP contribution in [-0.4, -0.2) is 44.5 Å². The lowest BCUT2D eigenvalue weighted by molar-refractivity contribution is -0.111. The number of carbonyl (C=O) groups is 2. The largest absolute Gasteiger partial charge is 0.493 e. The van der Waals surface area contributed by atoms with Crippen molar-refractivity contribution >= 4 is 35.2 Å². The normalized spacial score (nSPS) is 10.7. The molecule has 0 saturated carbocycles. The summed E-state index contributed by atoms with van der Waals surface area (Å²) < 4.78 is 11.0. The minimum atomic E-state index is -0.321. The SMILES string of the molecule is CCCOc1ccc(C=CC(=O)Nc2ccc(C(=O)N(C)C)c(Cl)c2)cc1OC. The summed E-state index contributed by atoms with van der Waals surface area (Å²) in [5.74, 6) is 0.748. The first kappa shape index (κ1) is 22.3. The Labute approximate surface area is 176 Å². The van der Waals surface area contributed by atoms with Gasteiger partial charge in [-0.05, 0) is 48.4 Å². The van der Waals surface area contributed by atoms with Crippen LogP contribution in [0.25, 0.3) is 6.08 Å². The van der Waals surface area contributed by atoms with Gasteiger partial charge in [-0.15, -0.1) is 0 Å². The van der Waals surface area contributed by atoms with Crippen LogP contribution in [0.1, 0.15) is 29.3 Å². The molecule has 154 valence electrons. The zero-order valence-corrected chi connectivity index (χ0v) is 17.7. The molecule has 29 heavy (non-hydrogen) atoms. The summed E-state index contributed by atoms with van der Waals surface area (Å²) in [4.78, 5) is 25.7. The van der Waals surface area contributed by atoms with Crippen molar-refractivity contribution in [1.82, 2.24) is 4.90 Å². The molecular formula is C22H25ClN2O4. The highest BCUT2D eigenvalue weighted by Gasteiger charge is 2.13. The zero-order chi connectivity index (χ0) is 21.4. The van der Waals surface area contributed by atoms with Crippen LogP contribution in [0.5, 0.6) is 11.5 Å². The molecule has 0 aromatic heterocycles. The summed E-state index contributed by atoms with van der Waals surface area (Å²) in [7, 11) is 4.87. The predicted octanol–water partition coefficient (Wildman–Crippen LogP) is 4.49. The number of halogens is 1. The maximum Gasteiger partial charge on any atom is 0.254 e. The second-order valence-corrected chi connectivity index (χ2v) is 6.88. The van der Waals surface area contributed by atoms with Crippen molar-refractivity contribution in [2.45, 2.75) is 13.3 Å². The number of rotatable bonds is 8. The number of nitrogens with zero attached hydrogens (tertiary/aromatic N) is 1. The number of hydrogen-bond acceptors (Lipinski definition) is 4. The number of carbonyl (C=O) groups excluding carboxylic acids is 2. The summed E-state index contributed by atoms with van der Waals surface area (Å²) in [6, 6.07) is 10.2. The Balaban J connectivity index is 2.06. The van der Waals surface area contributed by atoms with Gasteiger partial charge in [-0.25, -0.2) is 0 Å². The number of benzene rings is 2. The maximum atomic E-state index is 12.2. The standard InChI is InChI=1S/C22H25ClN2O4/c1-5-12-29-19-10-6-15(13-20(19)28-4)7-11-21(26)24-16-8-9-17(18(23)14-16)22(27)25(2)3/h6-11,13-14H,5,12H2,1-4H3,(H,24,26). The van der Waals surface area contributed by atoms with E-state index in [9.17, 15) is 9.59 Å². The Morgan fingerprint density at radius 3 is 2.52 bits per heavy atom. The van der Waals surface area contributed by atoms with E-state index in [1.807, 2.05) is 19.1 Å². The van der Waals surface area contributed by atoms with Crippen LogP contribution in [-0.2, 0) is 4.79 Å². The number of amides is 2. The third-order valence-electron chi connectivity index (χ3n) is 3.95. The summed E-state index contributed by atoms with van der Waals surface area (Å²) in [6.45, 7) is 2.64. The summed E-state index contributed by atoms with van der Waals surface area (Å²) in [5.41, 5.74) is 1.68. The van der Waals surface area contributed by atoms with Crippen LogP contribution in [0.2, 0.25) is 5.02 Å². The van der Waals surface area contributed by atoms with Crippen LogP contribution >= 0.6 is 11.6 Å². The molecule has 6 nitrogen and oxygen atoms in total. The van der Waals surface area contributed by atoms with E-state index in [1.54, 1.807) is 51.5 Å². The molecule has 0 aliphatic heterocycles. The molecule has 2 aromatic carbocycles. The molecule has 0 spiro atoms. The number of anilines is 1. The van der Waals surface area contributed by atoms with E-state index in [2.05, 4.69) is 5.32 Å². The van der Waals surface area contributed by atoms with Crippen LogP contribution in [0.4, 0.5) is 5.69 Å². The molecule has 2 rings (SSSR count).